The van der Waals surface area contributed by atoms with Crippen LogP contribution in [0.15, 0.2) is 66.2 Å². The van der Waals surface area contributed by atoms with Crippen molar-refractivity contribution in [2.75, 3.05) is 11.5 Å². The van der Waals surface area contributed by atoms with Gasteiger partial charge in [-0.2, -0.15) is 0 Å². The van der Waals surface area contributed by atoms with E-state index >= 15 is 0 Å². The molecule has 3 aromatic carbocycles. The van der Waals surface area contributed by atoms with Crippen LogP contribution in [0.5, 0.6) is 11.5 Å². The second-order valence-electron chi connectivity index (χ2n) is 7.97. The molecule has 7 nitrogen and oxygen atoms in total. The topological polar surface area (TPSA) is 84.9 Å². The SMILES string of the molecule is CCOc1cc(/C=C2\C(=O)NC(=O)N(c3cccc(C)c3)C2=O)cc(Cl)c1OCc1ccc(F)cc1. The highest BCUT2D eigenvalue weighted by atomic mass is 35.5. The number of ether oxygens (including phenoxy) is 2. The lowest BCUT2D eigenvalue weighted by molar-refractivity contribution is -0.122. The lowest BCUT2D eigenvalue weighted by Gasteiger charge is -2.26. The van der Waals surface area contributed by atoms with Crippen LogP contribution in [-0.2, 0) is 16.2 Å². The number of nitrogens with one attached hydrogen (secondary N) is 1. The van der Waals surface area contributed by atoms with Crippen molar-refractivity contribution in [3.05, 3.63) is 93.8 Å². The summed E-state index contributed by atoms with van der Waals surface area (Å²) in [6, 6.07) is 14.9. The van der Waals surface area contributed by atoms with Gasteiger partial charge < -0.3 is 9.47 Å². The normalized spacial score (nSPS) is 14.7. The van der Waals surface area contributed by atoms with E-state index in [4.69, 9.17) is 21.1 Å². The molecule has 4 rings (SSSR count). The van der Waals surface area contributed by atoms with E-state index in [0.717, 1.165) is 16.0 Å². The number of nitrogens with zero attached hydrogens (tertiary/aromatic N) is 1. The van der Waals surface area contributed by atoms with Gasteiger partial charge in [0.05, 0.1) is 17.3 Å². The monoisotopic (exact) mass is 508 g/mol. The third-order valence-corrected chi connectivity index (χ3v) is 5.58. The Hall–Kier alpha value is -4.17. The quantitative estimate of drug-likeness (QED) is 0.340. The van der Waals surface area contributed by atoms with Crippen molar-refractivity contribution in [3.8, 4) is 11.5 Å². The molecule has 9 heteroatoms. The minimum atomic E-state index is -0.828. The summed E-state index contributed by atoms with van der Waals surface area (Å²) < 4.78 is 24.7. The lowest BCUT2D eigenvalue weighted by Crippen LogP contribution is -2.54. The van der Waals surface area contributed by atoms with Gasteiger partial charge >= 0.3 is 6.03 Å². The molecule has 1 N–H and O–H groups in total. The van der Waals surface area contributed by atoms with E-state index in [9.17, 15) is 18.8 Å². The molecule has 0 spiro atoms. The standard InChI is InChI=1S/C27H22ClFN2O5/c1-3-35-23-14-18(13-22(28)24(23)36-15-17-7-9-19(29)10-8-17)12-21-25(32)30-27(34)31(26(21)33)20-6-4-5-16(2)11-20/h4-14H,3,15H2,1-2H3,(H,30,32,34)/b21-12+. The van der Waals surface area contributed by atoms with Gasteiger partial charge in [0.15, 0.2) is 11.5 Å². The maximum Gasteiger partial charge on any atom is 0.335 e. The van der Waals surface area contributed by atoms with Gasteiger partial charge in [-0.25, -0.2) is 14.1 Å². The maximum atomic E-state index is 13.2. The Labute approximate surface area is 212 Å². The molecule has 0 atom stereocenters. The predicted octanol–water partition coefficient (Wildman–Crippen LogP) is 5.43. The van der Waals surface area contributed by atoms with Crippen LogP contribution in [0.4, 0.5) is 14.9 Å². The fraction of sp³-hybridized carbons (Fsp3) is 0.148. The third-order valence-electron chi connectivity index (χ3n) is 5.30. The first-order chi connectivity index (χ1) is 17.3. The molecular weight excluding hydrogens is 487 g/mol. The summed E-state index contributed by atoms with van der Waals surface area (Å²) in [7, 11) is 0. The van der Waals surface area contributed by atoms with Gasteiger partial charge in [-0.3, -0.25) is 14.9 Å². The number of rotatable bonds is 7. The number of halogens is 2. The average molecular weight is 509 g/mol. The van der Waals surface area contributed by atoms with Gasteiger partial charge in [-0.05, 0) is 73.0 Å². The Balaban J connectivity index is 1.66. The number of urea groups is 1. The van der Waals surface area contributed by atoms with Crippen LogP contribution in [0.25, 0.3) is 6.08 Å². The summed E-state index contributed by atoms with van der Waals surface area (Å²) in [6.45, 7) is 4.04. The lowest BCUT2D eigenvalue weighted by atomic mass is 10.1. The molecule has 0 radical (unpaired) electrons. The molecule has 0 bridgehead atoms. The summed E-state index contributed by atoms with van der Waals surface area (Å²) in [4.78, 5) is 39.1. The Morgan fingerprint density at radius 3 is 2.47 bits per heavy atom. The Kier molecular flexibility index (Phi) is 7.36. The van der Waals surface area contributed by atoms with Crippen molar-refractivity contribution in [2.45, 2.75) is 20.5 Å². The smallest absolute Gasteiger partial charge is 0.335 e. The second kappa shape index (κ2) is 10.6. The number of anilines is 1. The molecule has 184 valence electrons. The molecule has 0 saturated carbocycles. The molecule has 0 aliphatic carbocycles. The van der Waals surface area contributed by atoms with E-state index in [-0.39, 0.29) is 28.8 Å². The Morgan fingerprint density at radius 2 is 1.78 bits per heavy atom. The van der Waals surface area contributed by atoms with Gasteiger partial charge in [0.1, 0.15) is 18.0 Å². The highest BCUT2D eigenvalue weighted by Gasteiger charge is 2.37. The molecule has 4 amide bonds. The largest absolute Gasteiger partial charge is 0.490 e. The summed E-state index contributed by atoms with van der Waals surface area (Å²) in [6.07, 6.45) is 1.34. The highest BCUT2D eigenvalue weighted by Crippen LogP contribution is 2.38. The van der Waals surface area contributed by atoms with Crippen molar-refractivity contribution in [1.82, 2.24) is 5.32 Å². The van der Waals surface area contributed by atoms with Crippen molar-refractivity contribution < 1.29 is 28.2 Å². The summed E-state index contributed by atoms with van der Waals surface area (Å²) in [5.41, 5.74) is 2.07. The van der Waals surface area contributed by atoms with Crippen LogP contribution < -0.4 is 19.7 Å². The number of imide groups is 2. The van der Waals surface area contributed by atoms with E-state index < -0.39 is 17.8 Å². The molecule has 3 aromatic rings. The van der Waals surface area contributed by atoms with Crippen molar-refractivity contribution in [3.63, 3.8) is 0 Å². The molecule has 1 saturated heterocycles. The number of carbonyl (C=O) groups excluding carboxylic acids is 3. The maximum absolute atomic E-state index is 13.2. The van der Waals surface area contributed by atoms with E-state index in [2.05, 4.69) is 5.32 Å². The number of aryl methyl sites for hydroxylation is 1. The number of hydrogen-bond donors (Lipinski definition) is 1. The number of hydrogen-bond acceptors (Lipinski definition) is 5. The summed E-state index contributed by atoms with van der Waals surface area (Å²) >= 11 is 6.47. The highest BCUT2D eigenvalue weighted by molar-refractivity contribution is 6.39. The van der Waals surface area contributed by atoms with Crippen LogP contribution in [0.1, 0.15) is 23.6 Å². The van der Waals surface area contributed by atoms with Crippen molar-refractivity contribution in [1.29, 1.82) is 0 Å². The third kappa shape index (κ3) is 5.39. The fourth-order valence-corrected chi connectivity index (χ4v) is 3.91. The number of amides is 4. The second-order valence-corrected chi connectivity index (χ2v) is 8.38. The number of benzene rings is 3. The van der Waals surface area contributed by atoms with Crippen LogP contribution in [0, 0.1) is 12.7 Å². The number of carbonyl (C=O) groups is 3. The van der Waals surface area contributed by atoms with Gasteiger partial charge in [0.25, 0.3) is 11.8 Å². The van der Waals surface area contributed by atoms with Gasteiger partial charge in [-0.1, -0.05) is 35.9 Å². The van der Waals surface area contributed by atoms with E-state index in [1.165, 1.54) is 24.3 Å². The van der Waals surface area contributed by atoms with E-state index in [1.807, 2.05) is 13.0 Å². The van der Waals surface area contributed by atoms with Gasteiger partial charge in [-0.15, -0.1) is 0 Å². The predicted molar refractivity (Wildman–Crippen MR) is 134 cm³/mol. The zero-order chi connectivity index (χ0) is 25.8. The molecule has 0 aromatic heterocycles. The van der Waals surface area contributed by atoms with Crippen LogP contribution in [-0.4, -0.2) is 24.5 Å². The summed E-state index contributed by atoms with van der Waals surface area (Å²) in [5.74, 6) is -1.37. The molecule has 1 aliphatic rings. The van der Waals surface area contributed by atoms with Crippen molar-refractivity contribution in [2.24, 2.45) is 0 Å². The van der Waals surface area contributed by atoms with Crippen LogP contribution in [0.3, 0.4) is 0 Å². The van der Waals surface area contributed by atoms with Crippen LogP contribution >= 0.6 is 11.6 Å². The van der Waals surface area contributed by atoms with Gasteiger partial charge in [0.2, 0.25) is 0 Å². The van der Waals surface area contributed by atoms with Crippen LogP contribution in [0.2, 0.25) is 5.02 Å². The molecule has 1 aliphatic heterocycles. The average Bonchev–Trinajstić information content (AvgIpc) is 2.82. The molecular formula is C27H22ClFN2O5. The fourth-order valence-electron chi connectivity index (χ4n) is 3.64. The molecule has 36 heavy (non-hydrogen) atoms. The van der Waals surface area contributed by atoms with E-state index in [0.29, 0.717) is 23.6 Å². The van der Waals surface area contributed by atoms with Crippen molar-refractivity contribution >= 4 is 41.2 Å². The first-order valence-corrected chi connectivity index (χ1v) is 11.5. The Bertz CT molecular complexity index is 1370. The summed E-state index contributed by atoms with van der Waals surface area (Å²) in [5, 5.41) is 2.38. The molecule has 0 unspecified atom stereocenters. The Morgan fingerprint density at radius 1 is 1.03 bits per heavy atom. The zero-order valence-corrected chi connectivity index (χ0v) is 20.3. The molecule has 1 heterocycles. The minimum absolute atomic E-state index is 0.120. The van der Waals surface area contributed by atoms with Gasteiger partial charge in [0, 0.05) is 0 Å². The van der Waals surface area contributed by atoms with E-state index in [1.54, 1.807) is 43.3 Å². The first kappa shape index (κ1) is 24.9. The number of barbiturate groups is 1. The first-order valence-electron chi connectivity index (χ1n) is 11.1. The zero-order valence-electron chi connectivity index (χ0n) is 19.5. The molecule has 1 fully saturated rings. The minimum Gasteiger partial charge on any atom is -0.490 e.